The van der Waals surface area contributed by atoms with E-state index in [0.29, 0.717) is 0 Å². The quantitative estimate of drug-likeness (QED) is 0.0587. The van der Waals surface area contributed by atoms with Crippen LogP contribution in [0.15, 0.2) is 55.1 Å². The van der Waals surface area contributed by atoms with E-state index in [0.717, 1.165) is 21.4 Å². The minimum absolute atomic E-state index is 0.000763. The number of fused-ring (bicyclic) bond motifs is 1. The molecule has 7 heterocycles. The average Bonchev–Trinajstić information content (AvgIpc) is 3.99. The van der Waals surface area contributed by atoms with Gasteiger partial charge in [-0.05, 0) is 6.92 Å². The molecule has 62 heavy (non-hydrogen) atoms. The van der Waals surface area contributed by atoms with Crippen molar-refractivity contribution in [3.05, 3.63) is 88.7 Å². The maximum atomic E-state index is 11.9. The van der Waals surface area contributed by atoms with Crippen molar-refractivity contribution < 1.29 is 78.7 Å². The van der Waals surface area contributed by atoms with Gasteiger partial charge in [-0.2, -0.15) is 0 Å². The van der Waals surface area contributed by atoms with Crippen molar-refractivity contribution in [2.24, 2.45) is 0 Å². The zero-order valence-corrected chi connectivity index (χ0v) is 33.1. The number of aliphatic hydroxyl groups is 9. The predicted octanol–water partition coefficient (Wildman–Crippen LogP) is -7.14. The molecular weight excluding hydrogens is 863 g/mol. The predicted molar refractivity (Wildman–Crippen MR) is 201 cm³/mol. The van der Waals surface area contributed by atoms with Gasteiger partial charge in [-0.1, -0.05) is 0 Å². The van der Waals surface area contributed by atoms with E-state index in [1.54, 1.807) is 0 Å². The Balaban J connectivity index is 0.000000180. The molecule has 0 spiro atoms. The largest absolute Gasteiger partial charge is 0.472 e. The van der Waals surface area contributed by atoms with Crippen molar-refractivity contribution in [3.8, 4) is 0 Å². The first kappa shape index (κ1) is 48.4. The molecule has 0 bridgehead atoms. The smallest absolute Gasteiger partial charge is 0.394 e. The molecule has 0 radical (unpaired) electrons. The fourth-order valence-corrected chi connectivity index (χ4v) is 6.94. The van der Waals surface area contributed by atoms with E-state index in [2.05, 4.69) is 24.5 Å². The highest BCUT2D eigenvalue weighted by Crippen LogP contribution is 2.44. The Bertz CT molecular complexity index is 2470. The molecule has 3 aliphatic heterocycles. The van der Waals surface area contributed by atoms with Crippen molar-refractivity contribution in [2.75, 3.05) is 33.0 Å². The second-order valence-electron chi connectivity index (χ2n) is 13.8. The highest BCUT2D eigenvalue weighted by molar-refractivity contribution is 7.47. The average molecular weight is 909 g/mol. The number of aryl methyl sites for hydroxylation is 1. The molecule has 0 saturated carbocycles. The van der Waals surface area contributed by atoms with Crippen molar-refractivity contribution >= 4 is 19.0 Å². The number of phosphoric ester groups is 1. The molecule has 13 atom stereocenters. The lowest BCUT2D eigenvalue weighted by molar-refractivity contribution is -0.0550. The lowest BCUT2D eigenvalue weighted by Gasteiger charge is -2.18. The van der Waals surface area contributed by atoms with E-state index in [1.165, 1.54) is 30.3 Å². The van der Waals surface area contributed by atoms with E-state index in [4.69, 9.17) is 39.2 Å². The van der Waals surface area contributed by atoms with Crippen LogP contribution < -0.4 is 28.1 Å². The lowest BCUT2D eigenvalue weighted by Crippen LogP contribution is -2.37. The van der Waals surface area contributed by atoms with Gasteiger partial charge in [0.1, 0.15) is 55.1 Å². The van der Waals surface area contributed by atoms with Crippen molar-refractivity contribution in [1.29, 1.82) is 0 Å². The molecule has 29 nitrogen and oxygen atoms in total. The normalized spacial score (nSPS) is 29.7. The molecule has 2 unspecified atom stereocenters. The first-order chi connectivity index (χ1) is 29.3. The number of hydrogen-bond acceptors (Lipinski definition) is 22. The number of aromatic amines is 3. The van der Waals surface area contributed by atoms with Gasteiger partial charge in [0.15, 0.2) is 23.6 Å². The van der Waals surface area contributed by atoms with Crippen LogP contribution in [0.1, 0.15) is 30.7 Å². The summed E-state index contributed by atoms with van der Waals surface area (Å²) in [5.74, 6) is 0. The number of ether oxygens (including phenoxy) is 3. The number of aromatic nitrogens is 8. The van der Waals surface area contributed by atoms with Gasteiger partial charge in [0.25, 0.3) is 16.7 Å². The number of nitrogens with zero attached hydrogens (tertiary/aromatic N) is 5. The number of nitrogens with one attached hydrogen (secondary N) is 3. The molecule has 30 heteroatoms. The molecule has 13 N–H and O–H groups in total. The van der Waals surface area contributed by atoms with Crippen LogP contribution in [0.2, 0.25) is 0 Å². The Hall–Kier alpha value is -4.66. The fourth-order valence-electron chi connectivity index (χ4n) is 6.17. The Kier molecular flexibility index (Phi) is 16.1. The Labute approximate surface area is 344 Å². The van der Waals surface area contributed by atoms with Crippen LogP contribution in [0.4, 0.5) is 0 Å². The van der Waals surface area contributed by atoms with E-state index in [-0.39, 0.29) is 23.1 Å². The number of hydrogen-bond donors (Lipinski definition) is 13. The first-order valence-corrected chi connectivity index (χ1v) is 19.8. The van der Waals surface area contributed by atoms with Crippen LogP contribution in [0.5, 0.6) is 0 Å². The summed E-state index contributed by atoms with van der Waals surface area (Å²) in [6, 6.07) is 1.09. The highest BCUT2D eigenvalue weighted by Gasteiger charge is 2.45. The molecule has 3 fully saturated rings. The first-order valence-electron chi connectivity index (χ1n) is 18.3. The topological polar surface area (TPSA) is 439 Å². The summed E-state index contributed by atoms with van der Waals surface area (Å²) < 4.78 is 40.2. The van der Waals surface area contributed by atoms with Crippen LogP contribution in [0.3, 0.4) is 0 Å². The van der Waals surface area contributed by atoms with Gasteiger partial charge >= 0.3 is 19.2 Å². The molecule has 3 saturated heterocycles. The zero-order valence-electron chi connectivity index (χ0n) is 32.2. The van der Waals surface area contributed by atoms with E-state index in [1.807, 2.05) is 4.98 Å². The Morgan fingerprint density at radius 3 is 2.02 bits per heavy atom. The minimum Gasteiger partial charge on any atom is -0.394 e. The van der Waals surface area contributed by atoms with Crippen LogP contribution in [-0.2, 0) is 27.8 Å². The van der Waals surface area contributed by atoms with Gasteiger partial charge in [-0.3, -0.25) is 47.1 Å². The maximum absolute atomic E-state index is 11.9. The number of rotatable bonds is 12. The monoisotopic (exact) mass is 908 g/mol. The second kappa shape index (κ2) is 20.7. The molecule has 0 aliphatic carbocycles. The third-order valence-corrected chi connectivity index (χ3v) is 10.5. The van der Waals surface area contributed by atoms with Crippen molar-refractivity contribution in [2.45, 2.75) is 87.0 Å². The van der Waals surface area contributed by atoms with Crippen LogP contribution >= 0.6 is 7.82 Å². The lowest BCUT2D eigenvalue weighted by atomic mass is 10.1. The molecule has 344 valence electrons. The molecule has 0 amide bonds. The molecule has 3 aliphatic rings. The zero-order chi connectivity index (χ0) is 45.6. The van der Waals surface area contributed by atoms with Gasteiger partial charge in [0, 0.05) is 30.4 Å². The highest BCUT2D eigenvalue weighted by atomic mass is 31.2. The van der Waals surface area contributed by atoms with Gasteiger partial charge in [0.2, 0.25) is 0 Å². The number of H-pyrrole nitrogens is 3. The number of imidazole rings is 1. The molecule has 4 aromatic heterocycles. The van der Waals surface area contributed by atoms with Gasteiger partial charge in [-0.15, -0.1) is 0 Å². The van der Waals surface area contributed by atoms with Gasteiger partial charge in [0.05, 0.1) is 51.8 Å². The fraction of sp³-hybridized carbons (Fsp3) is 0.594. The van der Waals surface area contributed by atoms with Crippen molar-refractivity contribution in [3.63, 3.8) is 0 Å². The number of phosphoric acid groups is 1. The van der Waals surface area contributed by atoms with Crippen LogP contribution in [0, 0.1) is 6.92 Å². The summed E-state index contributed by atoms with van der Waals surface area (Å²) in [7, 11) is -4.53. The summed E-state index contributed by atoms with van der Waals surface area (Å²) in [5.41, 5.74) is -2.36. The molecule has 0 aromatic carbocycles. The minimum atomic E-state index is -4.53. The summed E-state index contributed by atoms with van der Waals surface area (Å²) in [4.78, 5) is 80.9. The van der Waals surface area contributed by atoms with Crippen LogP contribution in [0.25, 0.3) is 11.2 Å². The van der Waals surface area contributed by atoms with E-state index in [9.17, 15) is 59.0 Å². The molecular formula is C32H45N8O21P. The summed E-state index contributed by atoms with van der Waals surface area (Å²) in [5, 5.41) is 84.4. The number of aliphatic hydroxyl groups excluding tert-OH is 9. The van der Waals surface area contributed by atoms with Crippen LogP contribution in [-0.4, -0.2) is 177 Å². The summed E-state index contributed by atoms with van der Waals surface area (Å²) in [6.45, 7) is -1.19. The van der Waals surface area contributed by atoms with E-state index >= 15 is 0 Å². The van der Waals surface area contributed by atoms with Crippen molar-refractivity contribution in [1.82, 2.24) is 38.6 Å². The molecule has 7 rings (SSSR count). The third kappa shape index (κ3) is 11.1. The maximum Gasteiger partial charge on any atom is 0.472 e. The summed E-state index contributed by atoms with van der Waals surface area (Å²) in [6.07, 6.45) is -8.43. The third-order valence-electron chi connectivity index (χ3n) is 9.50. The summed E-state index contributed by atoms with van der Waals surface area (Å²) >= 11 is 0. The van der Waals surface area contributed by atoms with Gasteiger partial charge in [-0.25, -0.2) is 24.1 Å². The van der Waals surface area contributed by atoms with Gasteiger partial charge < -0.3 is 70.0 Å². The SMILES string of the molecule is Cc1cn([C@H]2C[C@H](O)[C@@H](COP(=O)(O)OCC(O)CO)O2)c(=O)[nH]c1=O.O=c1[nH]cnc2c1ncn2[C@@H]1O[C@H](CO)[C@@H](O)[C@H]1O.O=c1ccn([C@@H]2O[C@H](CO)[C@@H](O)[C@H]2O)c(=O)[nH]1. The Morgan fingerprint density at radius 1 is 0.823 bits per heavy atom. The standard InChI is InChI=1S/C13H21N2O10P.C10H12N4O5.C9H12N2O6/c1-7-3-15(13(20)14-12(7)19)11-2-9(18)10(25-11)6-24-26(21,22)23-5-8(17)4-16;15-1-4-6(16)7(17)10(19-4)14-3-13-5-8(14)11-2-12-9(5)18;12-3-4-6(14)7(15)8(17-4)11-2-1-5(13)10-9(11)16/h3,8-11,16-18H,2,4-6H2,1H3,(H,21,22)(H,14,19,20);2-4,6-7,10,15-17H,1H2,(H,11,12,18);1-2,4,6-8,12,14-15H,3H2,(H,10,13,16)/t8?,9-,10+,11+;4-,6-,7-,10-;4-,6-,7-,8-/m011/s1. The second-order valence-corrected chi connectivity index (χ2v) is 15.3. The Morgan fingerprint density at radius 2 is 1.44 bits per heavy atom. The van der Waals surface area contributed by atoms with E-state index < -0.39 is 143 Å². The molecule has 4 aromatic rings.